The van der Waals surface area contributed by atoms with Gasteiger partial charge in [0.15, 0.2) is 19.7 Å². The van der Waals surface area contributed by atoms with Gasteiger partial charge >= 0.3 is 0 Å². The SMILES string of the molecule is CP1(Cl)=NP(C)(Cl)=NP(C)(Cl)=N1. The molecule has 0 fully saturated rings. The van der Waals surface area contributed by atoms with Gasteiger partial charge in [0.1, 0.15) is 0 Å². The predicted octanol–water partition coefficient (Wildman–Crippen LogP) is 5.70. The summed E-state index contributed by atoms with van der Waals surface area (Å²) in [4.78, 5) is 0. The lowest BCUT2D eigenvalue weighted by atomic mass is 12.0. The van der Waals surface area contributed by atoms with Crippen LogP contribution in [0.3, 0.4) is 0 Å². The van der Waals surface area contributed by atoms with Crippen LogP contribution in [-0.4, -0.2) is 20.0 Å². The Bertz CT molecular complexity index is 281. The molecule has 1 aliphatic heterocycles. The zero-order valence-corrected chi connectivity index (χ0v) is 11.8. The van der Waals surface area contributed by atoms with Crippen LogP contribution in [0.25, 0.3) is 0 Å². The third kappa shape index (κ3) is 3.37. The minimum Gasteiger partial charge on any atom is -0.212 e. The van der Waals surface area contributed by atoms with E-state index >= 15 is 0 Å². The van der Waals surface area contributed by atoms with Crippen LogP contribution >= 0.6 is 53.4 Å². The summed E-state index contributed by atoms with van der Waals surface area (Å²) in [5, 5.41) is 0. The van der Waals surface area contributed by atoms with Gasteiger partial charge in [0, 0.05) is 20.0 Å². The number of hydrogen-bond donors (Lipinski definition) is 0. The largest absolute Gasteiger partial charge is 0.212 e. The molecule has 0 radical (unpaired) electrons. The molecule has 72 valence electrons. The quantitative estimate of drug-likeness (QED) is 0.512. The second-order valence-electron chi connectivity index (χ2n) is 2.70. The Hall–Kier alpha value is 1.56. The van der Waals surface area contributed by atoms with Gasteiger partial charge in [-0.05, 0) is 0 Å². The lowest BCUT2D eigenvalue weighted by Gasteiger charge is -2.21. The molecule has 0 atom stereocenters. The van der Waals surface area contributed by atoms with Crippen LogP contribution in [0.1, 0.15) is 0 Å². The molecule has 0 aromatic heterocycles. The monoisotopic (exact) mass is 285 g/mol. The maximum atomic E-state index is 6.05. The van der Waals surface area contributed by atoms with Crippen molar-refractivity contribution in [1.82, 2.24) is 0 Å². The molecule has 0 unspecified atom stereocenters. The molecule has 0 bridgehead atoms. The van der Waals surface area contributed by atoms with E-state index in [1.807, 2.05) is 0 Å². The van der Waals surface area contributed by atoms with Crippen LogP contribution in [-0.2, 0) is 0 Å². The Balaban J connectivity index is 3.46. The summed E-state index contributed by atoms with van der Waals surface area (Å²) in [7, 11) is 0. The van der Waals surface area contributed by atoms with Crippen LogP contribution in [0.15, 0.2) is 13.5 Å². The van der Waals surface area contributed by atoms with Crippen LogP contribution in [0, 0.1) is 0 Å². The van der Waals surface area contributed by atoms with E-state index in [1.165, 1.54) is 0 Å². The summed E-state index contributed by atoms with van der Waals surface area (Å²) < 4.78 is 12.6. The van der Waals surface area contributed by atoms with Crippen molar-refractivity contribution in [3.05, 3.63) is 0 Å². The second-order valence-corrected chi connectivity index (χ2v) is 15.5. The third-order valence-corrected chi connectivity index (χ3v) is 12.5. The van der Waals surface area contributed by atoms with Crippen LogP contribution in [0.2, 0.25) is 0 Å². The minimum atomic E-state index is -2.12. The van der Waals surface area contributed by atoms with E-state index in [0.29, 0.717) is 0 Å². The van der Waals surface area contributed by atoms with Crippen molar-refractivity contribution in [3.8, 4) is 0 Å². The van der Waals surface area contributed by atoms with Crippen molar-refractivity contribution in [2.24, 2.45) is 13.5 Å². The molecule has 0 aromatic carbocycles. The van der Waals surface area contributed by atoms with Gasteiger partial charge in [0.25, 0.3) is 0 Å². The molecule has 0 aromatic rings. The molecule has 12 heavy (non-hydrogen) atoms. The Morgan fingerprint density at radius 2 is 0.833 bits per heavy atom. The topological polar surface area (TPSA) is 37.1 Å². The number of nitrogens with zero attached hydrogens (tertiary/aromatic N) is 3. The van der Waals surface area contributed by atoms with E-state index in [1.54, 1.807) is 20.0 Å². The molecule has 0 amide bonds. The second kappa shape index (κ2) is 3.30. The van der Waals surface area contributed by atoms with Crippen molar-refractivity contribution in [3.63, 3.8) is 0 Å². The molecule has 0 saturated heterocycles. The molecule has 0 saturated carbocycles. The molecule has 3 nitrogen and oxygen atoms in total. The van der Waals surface area contributed by atoms with E-state index < -0.39 is 19.7 Å². The average molecular weight is 286 g/mol. The Morgan fingerprint density at radius 3 is 1.00 bits per heavy atom. The van der Waals surface area contributed by atoms with E-state index in [9.17, 15) is 0 Å². The van der Waals surface area contributed by atoms with Crippen molar-refractivity contribution in [2.75, 3.05) is 20.0 Å². The van der Waals surface area contributed by atoms with Crippen LogP contribution < -0.4 is 0 Å². The summed E-state index contributed by atoms with van der Waals surface area (Å²) >= 11 is 18.1. The van der Waals surface area contributed by atoms with Gasteiger partial charge in [-0.15, -0.1) is 0 Å². The number of halogens is 3. The molecule has 1 heterocycles. The highest BCUT2D eigenvalue weighted by Crippen LogP contribution is 2.80. The highest BCUT2D eigenvalue weighted by atomic mass is 35.7. The summed E-state index contributed by atoms with van der Waals surface area (Å²) in [5.74, 6) is 0. The van der Waals surface area contributed by atoms with Gasteiger partial charge < -0.3 is 0 Å². The maximum absolute atomic E-state index is 6.05. The Kier molecular flexibility index (Phi) is 3.20. The highest BCUT2D eigenvalue weighted by molar-refractivity contribution is 8.08. The fourth-order valence-electron chi connectivity index (χ4n) is 0.948. The number of hydrogen-bond acceptors (Lipinski definition) is 3. The van der Waals surface area contributed by atoms with Gasteiger partial charge in [0.2, 0.25) is 0 Å². The first kappa shape index (κ1) is 11.6. The van der Waals surface area contributed by atoms with Crippen LogP contribution in [0.4, 0.5) is 0 Å². The zero-order chi connectivity index (χ0) is 9.62. The predicted molar refractivity (Wildman–Crippen MR) is 63.4 cm³/mol. The van der Waals surface area contributed by atoms with Gasteiger partial charge in [-0.25, -0.2) is 13.5 Å². The fourth-order valence-corrected chi connectivity index (χ4v) is 17.5. The van der Waals surface area contributed by atoms with E-state index in [-0.39, 0.29) is 0 Å². The van der Waals surface area contributed by atoms with E-state index in [2.05, 4.69) is 13.5 Å². The standard InChI is InChI=1S/C3H9Cl3N3P3/c1-10(4)7-11(2,5)9-12(3,6)8-10/h1-3H3. The van der Waals surface area contributed by atoms with Gasteiger partial charge in [0.05, 0.1) is 0 Å². The van der Waals surface area contributed by atoms with E-state index in [4.69, 9.17) is 33.7 Å². The first-order chi connectivity index (χ1) is 5.12. The Morgan fingerprint density at radius 1 is 0.667 bits per heavy atom. The fraction of sp³-hybridized carbons (Fsp3) is 1.00. The van der Waals surface area contributed by atoms with Crippen molar-refractivity contribution in [2.45, 2.75) is 0 Å². The first-order valence-electron chi connectivity index (χ1n) is 3.05. The van der Waals surface area contributed by atoms with Crippen molar-refractivity contribution >= 4 is 53.4 Å². The van der Waals surface area contributed by atoms with Gasteiger partial charge in [-0.2, -0.15) is 0 Å². The smallest absolute Gasteiger partial charge is 0.163 e. The van der Waals surface area contributed by atoms with Gasteiger partial charge in [-0.3, -0.25) is 0 Å². The summed E-state index contributed by atoms with van der Waals surface area (Å²) in [6.07, 6.45) is 0. The Labute approximate surface area is 86.9 Å². The van der Waals surface area contributed by atoms with Crippen molar-refractivity contribution < 1.29 is 0 Å². The highest BCUT2D eigenvalue weighted by Gasteiger charge is 2.24. The minimum absolute atomic E-state index is 1.78. The van der Waals surface area contributed by atoms with Crippen molar-refractivity contribution in [1.29, 1.82) is 0 Å². The molecule has 1 rings (SSSR count). The molecule has 9 heteroatoms. The zero-order valence-electron chi connectivity index (χ0n) is 6.82. The van der Waals surface area contributed by atoms with Crippen LogP contribution in [0.5, 0.6) is 0 Å². The summed E-state index contributed by atoms with van der Waals surface area (Å²) in [6, 6.07) is 0. The molecular weight excluding hydrogens is 277 g/mol. The summed E-state index contributed by atoms with van der Waals surface area (Å²) in [5.41, 5.74) is 0. The molecule has 0 N–H and O–H groups in total. The van der Waals surface area contributed by atoms with E-state index in [0.717, 1.165) is 0 Å². The first-order valence-corrected chi connectivity index (χ1v) is 12.2. The van der Waals surface area contributed by atoms with Gasteiger partial charge in [-0.1, -0.05) is 33.7 Å². The summed E-state index contributed by atoms with van der Waals surface area (Å²) in [6.45, 7) is -1.00. The molecule has 0 aliphatic carbocycles. The lowest BCUT2D eigenvalue weighted by molar-refractivity contribution is 1.71. The third-order valence-electron chi connectivity index (χ3n) is 0.979. The molecule has 1 aliphatic rings. The maximum Gasteiger partial charge on any atom is 0.163 e. The lowest BCUT2D eigenvalue weighted by Crippen LogP contribution is -1.73. The number of rotatable bonds is 0. The molecular formula is C3H9Cl3N3P3. The normalized spacial score (nSPS) is 53.5. The molecule has 0 spiro atoms. The average Bonchev–Trinajstić information content (AvgIpc) is 1.44.